The van der Waals surface area contributed by atoms with Crippen LogP contribution in [0.3, 0.4) is 0 Å². The minimum Gasteiger partial charge on any atom is -0.380 e. The van der Waals surface area contributed by atoms with Crippen LogP contribution in [-0.4, -0.2) is 28.0 Å². The fraction of sp³-hybridized carbons (Fsp3) is 1.00. The molecule has 72 valence electrons. The Morgan fingerprint density at radius 1 is 1.50 bits per heavy atom. The van der Waals surface area contributed by atoms with Crippen molar-refractivity contribution in [2.45, 2.75) is 31.0 Å². The van der Waals surface area contributed by atoms with E-state index in [1.165, 1.54) is 0 Å². The lowest BCUT2D eigenvalue weighted by molar-refractivity contribution is 0.0345. The maximum absolute atomic E-state index is 11.5. The molecule has 0 saturated heterocycles. The summed E-state index contributed by atoms with van der Waals surface area (Å²) in [6.45, 7) is 0.403. The summed E-state index contributed by atoms with van der Waals surface area (Å²) in [4.78, 5) is 9.47. The Bertz CT molecular complexity index is 203. The monoisotopic (exact) mass is 193 g/mol. The second kappa shape index (κ2) is 3.46. The molecule has 0 bridgehead atoms. The van der Waals surface area contributed by atoms with Crippen LogP contribution in [0.1, 0.15) is 25.7 Å². The molecule has 1 aliphatic carbocycles. The van der Waals surface area contributed by atoms with Crippen LogP contribution >= 0.6 is 7.37 Å². The Kier molecular flexibility index (Phi) is 2.94. The molecule has 0 radical (unpaired) electrons. The predicted octanol–water partition coefficient (Wildman–Crippen LogP) is 0.478. The normalized spacial score (nSPS) is 25.9. The Hall–Kier alpha value is 0.110. The first kappa shape index (κ1) is 10.2. The van der Waals surface area contributed by atoms with Crippen molar-refractivity contribution in [3.05, 3.63) is 0 Å². The van der Waals surface area contributed by atoms with E-state index in [-0.39, 0.29) is 6.16 Å². The number of nitrogens with two attached hydrogens (primary N) is 1. The van der Waals surface area contributed by atoms with Crippen molar-refractivity contribution >= 4 is 7.37 Å². The van der Waals surface area contributed by atoms with Crippen LogP contribution < -0.4 is 5.73 Å². The summed E-state index contributed by atoms with van der Waals surface area (Å²) in [5, 5.41) is 8.33. The van der Waals surface area contributed by atoms with Crippen LogP contribution in [0.2, 0.25) is 0 Å². The summed E-state index contributed by atoms with van der Waals surface area (Å²) in [5.41, 5.74) is 5.22. The summed E-state index contributed by atoms with van der Waals surface area (Å²) in [5.74, 6) is 0. The number of hydrogen-bond acceptors (Lipinski definition) is 3. The molecular weight excluding hydrogens is 177 g/mol. The maximum Gasteiger partial charge on any atom is 0.231 e. The van der Waals surface area contributed by atoms with Crippen molar-refractivity contribution in [3.63, 3.8) is 0 Å². The number of hydrogen-bond donors (Lipinski definition) is 3. The fourth-order valence-electron chi connectivity index (χ4n) is 1.36. The van der Waals surface area contributed by atoms with Crippen LogP contribution in [0.4, 0.5) is 0 Å². The van der Waals surface area contributed by atoms with Crippen molar-refractivity contribution in [3.8, 4) is 0 Å². The quantitative estimate of drug-likeness (QED) is 0.567. The van der Waals surface area contributed by atoms with Gasteiger partial charge in [-0.3, -0.25) is 4.57 Å². The molecule has 1 fully saturated rings. The topological polar surface area (TPSA) is 83.6 Å². The molecule has 1 unspecified atom stereocenters. The van der Waals surface area contributed by atoms with Crippen LogP contribution in [0.15, 0.2) is 0 Å². The third-order valence-electron chi connectivity index (χ3n) is 2.47. The van der Waals surface area contributed by atoms with Gasteiger partial charge in [0.25, 0.3) is 0 Å². The van der Waals surface area contributed by atoms with Crippen LogP contribution in [0, 0.1) is 0 Å². The molecule has 0 amide bonds. The zero-order valence-corrected chi connectivity index (χ0v) is 7.96. The van der Waals surface area contributed by atoms with E-state index in [2.05, 4.69) is 0 Å². The van der Waals surface area contributed by atoms with Gasteiger partial charge in [0.15, 0.2) is 0 Å². The van der Waals surface area contributed by atoms with Gasteiger partial charge in [-0.2, -0.15) is 0 Å². The van der Waals surface area contributed by atoms with E-state index < -0.39 is 12.7 Å². The first-order valence-corrected chi connectivity index (χ1v) is 6.11. The van der Waals surface area contributed by atoms with E-state index in [0.29, 0.717) is 25.8 Å². The average Bonchev–Trinajstić information content (AvgIpc) is 1.96. The molecule has 1 rings (SSSR count). The second-order valence-electron chi connectivity index (χ2n) is 3.40. The first-order valence-electron chi connectivity index (χ1n) is 4.26. The molecule has 0 heterocycles. The molecule has 0 aliphatic heterocycles. The lowest BCUT2D eigenvalue weighted by Crippen LogP contribution is -2.37. The minimum absolute atomic E-state index is 0.153. The largest absolute Gasteiger partial charge is 0.380 e. The smallest absolute Gasteiger partial charge is 0.231 e. The third-order valence-corrected chi connectivity index (χ3v) is 5.14. The highest BCUT2D eigenvalue weighted by Gasteiger charge is 2.49. The molecule has 12 heavy (non-hydrogen) atoms. The molecule has 1 atom stereocenters. The SMILES string of the molecule is NCCCP(=O)(O)C1(O)CCC1. The molecular formula is C7H16NO3P. The van der Waals surface area contributed by atoms with Gasteiger partial charge in [-0.1, -0.05) is 0 Å². The highest BCUT2D eigenvalue weighted by molar-refractivity contribution is 7.59. The molecule has 5 heteroatoms. The van der Waals surface area contributed by atoms with Gasteiger partial charge in [0, 0.05) is 6.16 Å². The van der Waals surface area contributed by atoms with Gasteiger partial charge in [0.2, 0.25) is 7.37 Å². The lowest BCUT2D eigenvalue weighted by atomic mass is 9.95. The zero-order chi connectivity index (χ0) is 9.24. The molecule has 4 nitrogen and oxygen atoms in total. The van der Waals surface area contributed by atoms with Crippen molar-refractivity contribution in [1.82, 2.24) is 0 Å². The van der Waals surface area contributed by atoms with Gasteiger partial charge >= 0.3 is 0 Å². The standard InChI is InChI=1S/C7H16NO3P/c8-5-2-6-12(10,11)7(9)3-1-4-7/h9H,1-6,8H2,(H,10,11). The van der Waals surface area contributed by atoms with Gasteiger partial charge < -0.3 is 15.7 Å². The van der Waals surface area contributed by atoms with Crippen LogP contribution in [-0.2, 0) is 4.57 Å². The third kappa shape index (κ3) is 1.72. The Labute approximate surface area is 72.2 Å². The van der Waals surface area contributed by atoms with Crippen molar-refractivity contribution < 1.29 is 14.6 Å². The van der Waals surface area contributed by atoms with E-state index in [0.717, 1.165) is 6.42 Å². The molecule has 0 aromatic rings. The van der Waals surface area contributed by atoms with Gasteiger partial charge in [-0.25, -0.2) is 0 Å². The Morgan fingerprint density at radius 2 is 2.08 bits per heavy atom. The van der Waals surface area contributed by atoms with Gasteiger partial charge in [-0.15, -0.1) is 0 Å². The fourth-order valence-corrected chi connectivity index (χ4v) is 3.40. The van der Waals surface area contributed by atoms with Crippen molar-refractivity contribution in [2.75, 3.05) is 12.7 Å². The summed E-state index contributed by atoms with van der Waals surface area (Å²) in [6.07, 6.45) is 2.44. The lowest BCUT2D eigenvalue weighted by Gasteiger charge is -2.39. The van der Waals surface area contributed by atoms with Crippen molar-refractivity contribution in [2.24, 2.45) is 5.73 Å². The van der Waals surface area contributed by atoms with E-state index in [1.807, 2.05) is 0 Å². The summed E-state index contributed by atoms with van der Waals surface area (Å²) in [6, 6.07) is 0. The Morgan fingerprint density at radius 3 is 2.42 bits per heavy atom. The molecule has 0 spiro atoms. The summed E-state index contributed by atoms with van der Waals surface area (Å²) < 4.78 is 11.5. The van der Waals surface area contributed by atoms with E-state index in [4.69, 9.17) is 5.73 Å². The molecule has 0 aromatic heterocycles. The second-order valence-corrected chi connectivity index (χ2v) is 6.09. The van der Waals surface area contributed by atoms with E-state index >= 15 is 0 Å². The van der Waals surface area contributed by atoms with Crippen LogP contribution in [0.5, 0.6) is 0 Å². The molecule has 4 N–H and O–H groups in total. The summed E-state index contributed by atoms with van der Waals surface area (Å²) >= 11 is 0. The first-order chi connectivity index (χ1) is 5.52. The maximum atomic E-state index is 11.5. The van der Waals surface area contributed by atoms with Gasteiger partial charge in [0.05, 0.1) is 0 Å². The zero-order valence-electron chi connectivity index (χ0n) is 7.07. The summed E-state index contributed by atoms with van der Waals surface area (Å²) in [7, 11) is -3.35. The molecule has 0 aromatic carbocycles. The molecule has 1 aliphatic rings. The van der Waals surface area contributed by atoms with E-state index in [1.54, 1.807) is 0 Å². The number of aliphatic hydroxyl groups is 1. The van der Waals surface area contributed by atoms with Crippen LogP contribution in [0.25, 0.3) is 0 Å². The van der Waals surface area contributed by atoms with Gasteiger partial charge in [0.1, 0.15) is 5.34 Å². The predicted molar refractivity (Wildman–Crippen MR) is 47.2 cm³/mol. The molecule has 1 saturated carbocycles. The van der Waals surface area contributed by atoms with Crippen molar-refractivity contribution in [1.29, 1.82) is 0 Å². The highest BCUT2D eigenvalue weighted by Crippen LogP contribution is 2.62. The highest BCUT2D eigenvalue weighted by atomic mass is 31.2. The van der Waals surface area contributed by atoms with E-state index in [9.17, 15) is 14.6 Å². The number of rotatable bonds is 4. The minimum atomic E-state index is -3.35. The van der Waals surface area contributed by atoms with Gasteiger partial charge in [-0.05, 0) is 32.2 Å². The Balaban J connectivity index is 2.52. The average molecular weight is 193 g/mol.